The molecule has 0 saturated carbocycles. The SMILES string of the molecule is CC1CCN(C(=O)c2cc3ccccc3[nH]2)CC1O. The lowest BCUT2D eigenvalue weighted by molar-refractivity contribution is 0.0246. The van der Waals surface area contributed by atoms with Crippen molar-refractivity contribution in [1.29, 1.82) is 0 Å². The molecule has 2 unspecified atom stereocenters. The number of aromatic amines is 1. The molecular weight excluding hydrogens is 240 g/mol. The number of nitrogens with zero attached hydrogens (tertiary/aromatic N) is 1. The molecule has 1 saturated heterocycles. The van der Waals surface area contributed by atoms with Crippen molar-refractivity contribution in [2.24, 2.45) is 5.92 Å². The number of likely N-dealkylation sites (tertiary alicyclic amines) is 1. The molecule has 1 aliphatic rings. The molecule has 2 aromatic rings. The normalized spacial score (nSPS) is 23.8. The Kier molecular flexibility index (Phi) is 3.03. The van der Waals surface area contributed by atoms with E-state index >= 15 is 0 Å². The summed E-state index contributed by atoms with van der Waals surface area (Å²) in [6, 6.07) is 9.72. The number of aliphatic hydroxyl groups excluding tert-OH is 1. The summed E-state index contributed by atoms with van der Waals surface area (Å²) in [6.45, 7) is 3.16. The van der Waals surface area contributed by atoms with E-state index in [2.05, 4.69) is 4.98 Å². The van der Waals surface area contributed by atoms with Crippen molar-refractivity contribution < 1.29 is 9.90 Å². The van der Waals surface area contributed by atoms with Crippen LogP contribution in [0.3, 0.4) is 0 Å². The second-order valence-electron chi connectivity index (χ2n) is 5.35. The van der Waals surface area contributed by atoms with Crippen LogP contribution in [0.4, 0.5) is 0 Å². The molecule has 0 radical (unpaired) electrons. The Hall–Kier alpha value is -1.81. The monoisotopic (exact) mass is 258 g/mol. The first-order valence-electron chi connectivity index (χ1n) is 6.70. The Morgan fingerprint density at radius 3 is 2.95 bits per heavy atom. The minimum absolute atomic E-state index is 0.0258. The number of carbonyl (C=O) groups is 1. The van der Waals surface area contributed by atoms with Gasteiger partial charge in [-0.2, -0.15) is 0 Å². The fourth-order valence-corrected chi connectivity index (χ4v) is 2.59. The fourth-order valence-electron chi connectivity index (χ4n) is 2.59. The van der Waals surface area contributed by atoms with Gasteiger partial charge in [-0.1, -0.05) is 25.1 Å². The van der Waals surface area contributed by atoms with Gasteiger partial charge in [0.2, 0.25) is 0 Å². The number of amides is 1. The largest absolute Gasteiger partial charge is 0.391 e. The molecule has 1 aliphatic heterocycles. The molecule has 100 valence electrons. The molecule has 0 spiro atoms. The van der Waals surface area contributed by atoms with E-state index in [0.717, 1.165) is 17.3 Å². The molecule has 19 heavy (non-hydrogen) atoms. The average Bonchev–Trinajstić information content (AvgIpc) is 2.85. The number of hydrogen-bond acceptors (Lipinski definition) is 2. The van der Waals surface area contributed by atoms with Crippen molar-refractivity contribution in [2.45, 2.75) is 19.4 Å². The van der Waals surface area contributed by atoms with Crippen molar-refractivity contribution in [3.05, 3.63) is 36.0 Å². The number of para-hydroxylation sites is 1. The predicted octanol–water partition coefficient (Wildman–Crippen LogP) is 2.01. The number of β-amino-alcohol motifs (C(OH)–C–C–N with tert-alkyl or cyclic N) is 1. The molecule has 4 heteroatoms. The van der Waals surface area contributed by atoms with Gasteiger partial charge in [-0.05, 0) is 24.5 Å². The molecule has 3 rings (SSSR count). The van der Waals surface area contributed by atoms with Crippen LogP contribution in [0.15, 0.2) is 30.3 Å². The number of aliphatic hydroxyl groups is 1. The number of aromatic nitrogens is 1. The number of H-pyrrole nitrogens is 1. The highest BCUT2D eigenvalue weighted by atomic mass is 16.3. The first kappa shape index (κ1) is 12.2. The lowest BCUT2D eigenvalue weighted by Gasteiger charge is -2.34. The van der Waals surface area contributed by atoms with E-state index in [9.17, 15) is 9.90 Å². The van der Waals surface area contributed by atoms with Crippen LogP contribution in [0.5, 0.6) is 0 Å². The van der Waals surface area contributed by atoms with Gasteiger partial charge in [-0.3, -0.25) is 4.79 Å². The standard InChI is InChI=1S/C15H18N2O2/c1-10-6-7-17(9-14(10)18)15(19)13-8-11-4-2-3-5-12(11)16-13/h2-5,8,10,14,16,18H,6-7,9H2,1H3. The first-order chi connectivity index (χ1) is 9.15. The third-order valence-electron chi connectivity index (χ3n) is 3.97. The Balaban J connectivity index is 1.83. The Bertz CT molecular complexity index is 572. The van der Waals surface area contributed by atoms with Crippen LogP contribution in [0, 0.1) is 5.92 Å². The smallest absolute Gasteiger partial charge is 0.270 e. The summed E-state index contributed by atoms with van der Waals surface area (Å²) in [5.74, 6) is 0.244. The Morgan fingerprint density at radius 1 is 1.42 bits per heavy atom. The van der Waals surface area contributed by atoms with E-state index in [-0.39, 0.29) is 11.8 Å². The minimum atomic E-state index is -0.415. The molecule has 1 aromatic heterocycles. The summed E-state index contributed by atoms with van der Waals surface area (Å²) in [5.41, 5.74) is 1.57. The summed E-state index contributed by atoms with van der Waals surface area (Å²) in [4.78, 5) is 17.3. The predicted molar refractivity (Wildman–Crippen MR) is 74.0 cm³/mol. The van der Waals surface area contributed by atoms with Crippen LogP contribution in [0.2, 0.25) is 0 Å². The van der Waals surface area contributed by atoms with Crippen molar-refractivity contribution in [3.8, 4) is 0 Å². The molecule has 2 N–H and O–H groups in total. The van der Waals surface area contributed by atoms with Gasteiger partial charge in [0.1, 0.15) is 5.69 Å². The van der Waals surface area contributed by atoms with Crippen molar-refractivity contribution in [3.63, 3.8) is 0 Å². The third-order valence-corrected chi connectivity index (χ3v) is 3.97. The molecule has 4 nitrogen and oxygen atoms in total. The second kappa shape index (κ2) is 4.70. The van der Waals surface area contributed by atoms with Crippen LogP contribution >= 0.6 is 0 Å². The third kappa shape index (κ3) is 2.24. The second-order valence-corrected chi connectivity index (χ2v) is 5.35. The summed E-state index contributed by atoms with van der Waals surface area (Å²) >= 11 is 0. The molecule has 1 amide bonds. The number of carbonyl (C=O) groups excluding carboxylic acids is 1. The number of rotatable bonds is 1. The molecule has 1 aromatic carbocycles. The Labute approximate surface area is 112 Å². The zero-order chi connectivity index (χ0) is 13.4. The van der Waals surface area contributed by atoms with E-state index in [1.807, 2.05) is 37.3 Å². The van der Waals surface area contributed by atoms with Crippen molar-refractivity contribution >= 4 is 16.8 Å². The molecular formula is C15H18N2O2. The number of piperidine rings is 1. The number of benzene rings is 1. The first-order valence-corrected chi connectivity index (χ1v) is 6.70. The molecule has 2 heterocycles. The number of nitrogens with one attached hydrogen (secondary N) is 1. The van der Waals surface area contributed by atoms with E-state index in [1.165, 1.54) is 0 Å². The van der Waals surface area contributed by atoms with Crippen LogP contribution in [-0.2, 0) is 0 Å². The summed E-state index contributed by atoms with van der Waals surface area (Å²) < 4.78 is 0. The van der Waals surface area contributed by atoms with E-state index in [1.54, 1.807) is 4.90 Å². The van der Waals surface area contributed by atoms with Gasteiger partial charge in [0.05, 0.1) is 6.10 Å². The molecule has 0 bridgehead atoms. The number of hydrogen-bond donors (Lipinski definition) is 2. The quantitative estimate of drug-likeness (QED) is 0.822. The summed E-state index contributed by atoms with van der Waals surface area (Å²) in [7, 11) is 0. The maximum Gasteiger partial charge on any atom is 0.270 e. The van der Waals surface area contributed by atoms with Crippen LogP contribution < -0.4 is 0 Å². The fraction of sp³-hybridized carbons (Fsp3) is 0.400. The van der Waals surface area contributed by atoms with E-state index in [4.69, 9.17) is 0 Å². The van der Waals surface area contributed by atoms with Gasteiger partial charge in [-0.25, -0.2) is 0 Å². The molecule has 2 atom stereocenters. The minimum Gasteiger partial charge on any atom is -0.391 e. The van der Waals surface area contributed by atoms with Crippen LogP contribution in [0.1, 0.15) is 23.8 Å². The van der Waals surface area contributed by atoms with Crippen LogP contribution in [0.25, 0.3) is 10.9 Å². The maximum absolute atomic E-state index is 12.4. The highest BCUT2D eigenvalue weighted by Crippen LogP contribution is 2.21. The zero-order valence-corrected chi connectivity index (χ0v) is 11.0. The highest BCUT2D eigenvalue weighted by molar-refractivity contribution is 5.98. The van der Waals surface area contributed by atoms with Crippen molar-refractivity contribution in [2.75, 3.05) is 13.1 Å². The van der Waals surface area contributed by atoms with Gasteiger partial charge in [0.25, 0.3) is 5.91 Å². The van der Waals surface area contributed by atoms with Gasteiger partial charge in [-0.15, -0.1) is 0 Å². The topological polar surface area (TPSA) is 56.3 Å². The lowest BCUT2D eigenvalue weighted by Crippen LogP contribution is -2.45. The van der Waals surface area contributed by atoms with Gasteiger partial charge in [0.15, 0.2) is 0 Å². The molecule has 0 aliphatic carbocycles. The number of fused-ring (bicyclic) bond motifs is 1. The zero-order valence-electron chi connectivity index (χ0n) is 11.0. The maximum atomic E-state index is 12.4. The van der Waals surface area contributed by atoms with Gasteiger partial charge < -0.3 is 15.0 Å². The Morgan fingerprint density at radius 2 is 2.21 bits per heavy atom. The summed E-state index contributed by atoms with van der Waals surface area (Å²) in [5, 5.41) is 10.9. The summed E-state index contributed by atoms with van der Waals surface area (Å²) in [6.07, 6.45) is 0.440. The van der Waals surface area contributed by atoms with E-state index < -0.39 is 6.10 Å². The van der Waals surface area contributed by atoms with Gasteiger partial charge in [0, 0.05) is 24.0 Å². The average molecular weight is 258 g/mol. The van der Waals surface area contributed by atoms with Gasteiger partial charge >= 0.3 is 0 Å². The highest BCUT2D eigenvalue weighted by Gasteiger charge is 2.28. The molecule has 1 fully saturated rings. The van der Waals surface area contributed by atoms with Crippen molar-refractivity contribution in [1.82, 2.24) is 9.88 Å². The van der Waals surface area contributed by atoms with Crippen LogP contribution in [-0.4, -0.2) is 40.1 Å². The van der Waals surface area contributed by atoms with E-state index in [0.29, 0.717) is 18.8 Å². The lowest BCUT2D eigenvalue weighted by atomic mass is 9.96.